The van der Waals surface area contributed by atoms with Crippen LogP contribution in [0.25, 0.3) is 0 Å². The van der Waals surface area contributed by atoms with Crippen molar-refractivity contribution >= 4 is 51.9 Å². The molecule has 0 aliphatic heterocycles. The van der Waals surface area contributed by atoms with Crippen LogP contribution in [0.3, 0.4) is 0 Å². The molecular formula is C9H12Br2N2O4S2. The van der Waals surface area contributed by atoms with Gasteiger partial charge >= 0.3 is 0 Å². The third kappa shape index (κ3) is 5.88. The van der Waals surface area contributed by atoms with Crippen LogP contribution in [-0.2, 0) is 20.0 Å². The Bertz CT molecular complexity index is 659. The molecule has 0 aliphatic rings. The first kappa shape index (κ1) is 17.1. The maximum Gasteiger partial charge on any atom is 0.241 e. The third-order valence-corrected chi connectivity index (χ3v) is 5.89. The van der Waals surface area contributed by atoms with Gasteiger partial charge in [-0.1, -0.05) is 15.9 Å². The second kappa shape index (κ2) is 6.64. The van der Waals surface area contributed by atoms with Crippen LogP contribution in [0.1, 0.15) is 6.42 Å². The molecule has 0 saturated heterocycles. The molecule has 0 unspecified atom stereocenters. The molecule has 1 aromatic carbocycles. The van der Waals surface area contributed by atoms with Crippen molar-refractivity contribution in [3.05, 3.63) is 27.1 Å². The molecular weight excluding hydrogens is 424 g/mol. The van der Waals surface area contributed by atoms with Crippen molar-refractivity contribution in [2.24, 2.45) is 5.14 Å². The fourth-order valence-corrected chi connectivity index (χ4v) is 4.36. The number of nitrogens with one attached hydrogen (secondary N) is 1. The fourth-order valence-electron chi connectivity index (χ4n) is 1.24. The predicted octanol–water partition coefficient (Wildman–Crippen LogP) is 1.17. The summed E-state index contributed by atoms with van der Waals surface area (Å²) in [6.07, 6.45) is 0.115. The van der Waals surface area contributed by atoms with E-state index in [9.17, 15) is 16.8 Å². The summed E-state index contributed by atoms with van der Waals surface area (Å²) in [6, 6.07) is 4.75. The number of sulfonamides is 2. The minimum absolute atomic E-state index is 0.00227. The first-order valence-corrected chi connectivity index (χ1v) is 9.85. The van der Waals surface area contributed by atoms with Gasteiger partial charge in [-0.3, -0.25) is 0 Å². The zero-order valence-corrected chi connectivity index (χ0v) is 14.4. The molecule has 0 radical (unpaired) electrons. The van der Waals surface area contributed by atoms with Gasteiger partial charge in [-0.05, 0) is 40.5 Å². The lowest BCUT2D eigenvalue weighted by Crippen LogP contribution is -2.27. The SMILES string of the molecule is NS(=O)(=O)CCCNS(=O)(=O)c1cc(Br)ccc1Br. The van der Waals surface area contributed by atoms with Crippen LogP contribution in [0.15, 0.2) is 32.0 Å². The van der Waals surface area contributed by atoms with E-state index in [0.29, 0.717) is 8.95 Å². The van der Waals surface area contributed by atoms with E-state index in [-0.39, 0.29) is 23.6 Å². The molecule has 1 aromatic rings. The van der Waals surface area contributed by atoms with Gasteiger partial charge in [0, 0.05) is 15.5 Å². The van der Waals surface area contributed by atoms with Crippen molar-refractivity contribution in [1.82, 2.24) is 4.72 Å². The van der Waals surface area contributed by atoms with Gasteiger partial charge in [-0.25, -0.2) is 26.7 Å². The van der Waals surface area contributed by atoms with Gasteiger partial charge < -0.3 is 0 Å². The average Bonchev–Trinajstić information content (AvgIpc) is 2.26. The Morgan fingerprint density at radius 2 is 1.79 bits per heavy atom. The zero-order valence-electron chi connectivity index (χ0n) is 9.64. The van der Waals surface area contributed by atoms with Gasteiger partial charge in [0.05, 0.1) is 10.6 Å². The van der Waals surface area contributed by atoms with Crippen LogP contribution in [0.4, 0.5) is 0 Å². The van der Waals surface area contributed by atoms with Crippen molar-refractivity contribution < 1.29 is 16.8 Å². The molecule has 10 heteroatoms. The first-order valence-electron chi connectivity index (χ1n) is 5.07. The molecule has 0 aliphatic carbocycles. The van der Waals surface area contributed by atoms with E-state index in [1.54, 1.807) is 12.1 Å². The second-order valence-corrected chi connectivity index (χ2v) is 8.93. The zero-order chi connectivity index (χ0) is 14.7. The van der Waals surface area contributed by atoms with E-state index in [2.05, 4.69) is 36.6 Å². The first-order chi connectivity index (χ1) is 8.62. The molecule has 0 heterocycles. The highest BCUT2D eigenvalue weighted by Gasteiger charge is 2.17. The number of rotatable bonds is 6. The highest BCUT2D eigenvalue weighted by Crippen LogP contribution is 2.25. The van der Waals surface area contributed by atoms with Gasteiger partial charge in [0.1, 0.15) is 0 Å². The van der Waals surface area contributed by atoms with E-state index in [4.69, 9.17) is 5.14 Å². The summed E-state index contributed by atoms with van der Waals surface area (Å²) in [5.41, 5.74) is 0. The summed E-state index contributed by atoms with van der Waals surface area (Å²) < 4.78 is 48.8. The fraction of sp³-hybridized carbons (Fsp3) is 0.333. The van der Waals surface area contributed by atoms with Crippen LogP contribution < -0.4 is 9.86 Å². The number of primary sulfonamides is 1. The maximum atomic E-state index is 12.0. The standard InChI is InChI=1S/C9H12Br2N2O4S2/c10-7-2-3-8(11)9(6-7)19(16,17)13-4-1-5-18(12,14)15/h2-3,6,13H,1,4-5H2,(H2,12,14,15). The highest BCUT2D eigenvalue weighted by atomic mass is 79.9. The van der Waals surface area contributed by atoms with E-state index in [1.807, 2.05) is 0 Å². The Balaban J connectivity index is 2.74. The van der Waals surface area contributed by atoms with Gasteiger partial charge in [-0.2, -0.15) is 0 Å². The summed E-state index contributed by atoms with van der Waals surface area (Å²) in [5, 5.41) is 4.82. The van der Waals surface area contributed by atoms with Crippen molar-refractivity contribution in [3.63, 3.8) is 0 Å². The molecule has 0 fully saturated rings. The molecule has 19 heavy (non-hydrogen) atoms. The largest absolute Gasteiger partial charge is 0.241 e. The molecule has 1 rings (SSSR count). The summed E-state index contributed by atoms with van der Waals surface area (Å²) in [7, 11) is -7.27. The van der Waals surface area contributed by atoms with Crippen LogP contribution >= 0.6 is 31.9 Å². The molecule has 108 valence electrons. The molecule has 0 spiro atoms. The Morgan fingerprint density at radius 3 is 2.37 bits per heavy atom. The van der Waals surface area contributed by atoms with Crippen LogP contribution in [0, 0.1) is 0 Å². The summed E-state index contributed by atoms with van der Waals surface area (Å²) >= 11 is 6.34. The number of hydrogen-bond acceptors (Lipinski definition) is 4. The number of halogens is 2. The molecule has 0 atom stereocenters. The molecule has 0 aromatic heterocycles. The van der Waals surface area contributed by atoms with E-state index in [0.717, 1.165) is 0 Å². The minimum atomic E-state index is -3.69. The molecule has 3 N–H and O–H groups in total. The maximum absolute atomic E-state index is 12.0. The summed E-state index contributed by atoms with van der Waals surface area (Å²) in [5.74, 6) is -0.269. The lowest BCUT2D eigenvalue weighted by atomic mass is 10.4. The van der Waals surface area contributed by atoms with Gasteiger partial charge in [0.15, 0.2) is 0 Å². The van der Waals surface area contributed by atoms with E-state index >= 15 is 0 Å². The number of benzene rings is 1. The Kier molecular flexibility index (Phi) is 5.96. The molecule has 6 nitrogen and oxygen atoms in total. The molecule has 0 saturated carbocycles. The molecule has 0 amide bonds. The molecule has 0 bridgehead atoms. The Labute approximate surface area is 129 Å². The van der Waals surface area contributed by atoms with Crippen LogP contribution in [0.5, 0.6) is 0 Å². The third-order valence-electron chi connectivity index (χ3n) is 2.08. The average molecular weight is 436 g/mol. The summed E-state index contributed by atoms with van der Waals surface area (Å²) in [4.78, 5) is 0.0810. The van der Waals surface area contributed by atoms with E-state index < -0.39 is 20.0 Å². The van der Waals surface area contributed by atoms with Crippen molar-refractivity contribution in [1.29, 1.82) is 0 Å². The monoisotopic (exact) mass is 434 g/mol. The van der Waals surface area contributed by atoms with E-state index in [1.165, 1.54) is 6.07 Å². The summed E-state index contributed by atoms with van der Waals surface area (Å²) in [6.45, 7) is -0.00227. The number of nitrogens with two attached hydrogens (primary N) is 1. The lowest BCUT2D eigenvalue weighted by molar-refractivity contribution is 0.576. The van der Waals surface area contributed by atoms with Crippen LogP contribution in [-0.4, -0.2) is 29.1 Å². The van der Waals surface area contributed by atoms with Crippen molar-refractivity contribution in [2.75, 3.05) is 12.3 Å². The normalized spacial score (nSPS) is 12.6. The van der Waals surface area contributed by atoms with Gasteiger partial charge in [0.25, 0.3) is 0 Å². The Hall–Kier alpha value is -0.000000000000000111. The Morgan fingerprint density at radius 1 is 1.16 bits per heavy atom. The van der Waals surface area contributed by atoms with Crippen molar-refractivity contribution in [2.45, 2.75) is 11.3 Å². The minimum Gasteiger partial charge on any atom is -0.229 e. The van der Waals surface area contributed by atoms with Gasteiger partial charge in [0.2, 0.25) is 20.0 Å². The lowest BCUT2D eigenvalue weighted by Gasteiger charge is -2.08. The number of hydrogen-bond donors (Lipinski definition) is 2. The van der Waals surface area contributed by atoms with Crippen LogP contribution in [0.2, 0.25) is 0 Å². The van der Waals surface area contributed by atoms with Gasteiger partial charge in [-0.15, -0.1) is 0 Å². The topological polar surface area (TPSA) is 106 Å². The quantitative estimate of drug-likeness (QED) is 0.654. The predicted molar refractivity (Wildman–Crippen MR) is 79.6 cm³/mol. The second-order valence-electron chi connectivity index (χ2n) is 3.69. The smallest absolute Gasteiger partial charge is 0.229 e. The highest BCUT2D eigenvalue weighted by molar-refractivity contribution is 9.11. The van der Waals surface area contributed by atoms with Crippen molar-refractivity contribution in [3.8, 4) is 0 Å².